The van der Waals surface area contributed by atoms with Gasteiger partial charge in [0, 0.05) is 5.70 Å². The highest BCUT2D eigenvalue weighted by Gasteiger charge is 2.08. The minimum absolute atomic E-state index is 0.108. The molecule has 0 spiro atoms. The molecule has 68 valence electrons. The Morgan fingerprint density at radius 1 is 1.50 bits per heavy atom. The van der Waals surface area contributed by atoms with Crippen LogP contribution >= 0.6 is 0 Å². The Morgan fingerprint density at radius 3 is 2.25 bits per heavy atom. The Hall–Kier alpha value is -1.52. The van der Waals surface area contributed by atoms with E-state index in [1.54, 1.807) is 6.92 Å². The summed E-state index contributed by atoms with van der Waals surface area (Å²) in [5.74, 6) is -1.06. The second-order valence-corrected chi connectivity index (χ2v) is 2.25. The average Bonchev–Trinajstić information content (AvgIpc) is 1.98. The van der Waals surface area contributed by atoms with Gasteiger partial charge >= 0.3 is 12.0 Å². The van der Waals surface area contributed by atoms with Gasteiger partial charge in [0.25, 0.3) is 0 Å². The largest absolute Gasteiger partial charge is 0.478 e. The van der Waals surface area contributed by atoms with E-state index in [2.05, 4.69) is 5.32 Å². The molecule has 0 aliphatic carbocycles. The summed E-state index contributed by atoms with van der Waals surface area (Å²) < 4.78 is 0. The second kappa shape index (κ2) is 4.38. The van der Waals surface area contributed by atoms with Gasteiger partial charge in [-0.1, -0.05) is 6.92 Å². The molecule has 0 unspecified atom stereocenters. The van der Waals surface area contributed by atoms with E-state index in [1.165, 1.54) is 6.92 Å². The summed E-state index contributed by atoms with van der Waals surface area (Å²) >= 11 is 0. The van der Waals surface area contributed by atoms with Gasteiger partial charge in [-0.3, -0.25) is 0 Å². The number of carbonyl (C=O) groups is 2. The molecule has 0 saturated heterocycles. The molecule has 2 amide bonds. The standard InChI is InChI=1S/C7H12N2O3/c1-3-5(9-7(8)12)4(2)6(10)11/h3H2,1-2H3,(H,10,11)(H3,8,9,12). The van der Waals surface area contributed by atoms with Crippen LogP contribution in [0.4, 0.5) is 4.79 Å². The third kappa shape index (κ3) is 3.05. The summed E-state index contributed by atoms with van der Waals surface area (Å²) in [6.45, 7) is 3.15. The normalized spacial score (nSPS) is 11.8. The van der Waals surface area contributed by atoms with Crippen molar-refractivity contribution in [3.63, 3.8) is 0 Å². The van der Waals surface area contributed by atoms with Crippen LogP contribution in [0.25, 0.3) is 0 Å². The number of aliphatic carboxylic acids is 1. The molecule has 12 heavy (non-hydrogen) atoms. The fraction of sp³-hybridized carbons (Fsp3) is 0.429. The Kier molecular flexibility index (Phi) is 3.82. The van der Waals surface area contributed by atoms with E-state index >= 15 is 0 Å². The van der Waals surface area contributed by atoms with Crippen molar-refractivity contribution in [1.82, 2.24) is 5.32 Å². The van der Waals surface area contributed by atoms with E-state index in [0.717, 1.165) is 0 Å². The van der Waals surface area contributed by atoms with Gasteiger partial charge in [-0.25, -0.2) is 9.59 Å². The molecular formula is C7H12N2O3. The van der Waals surface area contributed by atoms with Crippen LogP contribution in [-0.2, 0) is 4.79 Å². The molecule has 0 rings (SSSR count). The summed E-state index contributed by atoms with van der Waals surface area (Å²) in [5, 5.41) is 10.8. The molecule has 5 nitrogen and oxygen atoms in total. The lowest BCUT2D eigenvalue weighted by Crippen LogP contribution is -2.30. The van der Waals surface area contributed by atoms with E-state index in [4.69, 9.17) is 10.8 Å². The highest BCUT2D eigenvalue weighted by molar-refractivity contribution is 5.88. The van der Waals surface area contributed by atoms with Crippen molar-refractivity contribution in [3.05, 3.63) is 11.3 Å². The number of nitrogens with one attached hydrogen (secondary N) is 1. The molecule has 0 aromatic rings. The molecule has 4 N–H and O–H groups in total. The zero-order valence-corrected chi connectivity index (χ0v) is 7.05. The van der Waals surface area contributed by atoms with Crippen molar-refractivity contribution >= 4 is 12.0 Å². The number of nitrogens with two attached hydrogens (primary N) is 1. The number of allylic oxidation sites excluding steroid dienone is 1. The zero-order chi connectivity index (χ0) is 9.72. The summed E-state index contributed by atoms with van der Waals surface area (Å²) in [4.78, 5) is 20.8. The van der Waals surface area contributed by atoms with Crippen LogP contribution in [0.2, 0.25) is 0 Å². The minimum Gasteiger partial charge on any atom is -0.478 e. The quantitative estimate of drug-likeness (QED) is 0.539. The number of primary amides is 1. The van der Waals surface area contributed by atoms with E-state index in [-0.39, 0.29) is 5.57 Å². The predicted octanol–water partition coefficient (Wildman–Crippen LogP) is 0.423. The summed E-state index contributed by atoms with van der Waals surface area (Å²) in [5.41, 5.74) is 5.28. The first kappa shape index (κ1) is 10.5. The van der Waals surface area contributed by atoms with Crippen molar-refractivity contribution in [3.8, 4) is 0 Å². The Bertz CT molecular complexity index is 233. The number of hydrogen-bond acceptors (Lipinski definition) is 2. The van der Waals surface area contributed by atoms with Crippen molar-refractivity contribution in [2.45, 2.75) is 20.3 Å². The van der Waals surface area contributed by atoms with E-state index in [0.29, 0.717) is 12.1 Å². The highest BCUT2D eigenvalue weighted by Crippen LogP contribution is 2.04. The number of rotatable bonds is 3. The van der Waals surface area contributed by atoms with Crippen LogP contribution in [-0.4, -0.2) is 17.1 Å². The molecule has 0 aromatic carbocycles. The Labute approximate surface area is 70.2 Å². The SMILES string of the molecule is CCC(NC(N)=O)=C(C)C(=O)O. The number of carboxylic acids is 1. The summed E-state index contributed by atoms with van der Waals surface area (Å²) in [7, 11) is 0. The van der Waals surface area contributed by atoms with Gasteiger partial charge < -0.3 is 16.2 Å². The monoisotopic (exact) mass is 172 g/mol. The Balaban J connectivity index is 4.61. The molecule has 0 fully saturated rings. The van der Waals surface area contributed by atoms with Gasteiger partial charge in [-0.15, -0.1) is 0 Å². The van der Waals surface area contributed by atoms with Crippen LogP contribution in [0.5, 0.6) is 0 Å². The molecule has 0 saturated carbocycles. The van der Waals surface area contributed by atoms with Gasteiger partial charge in [-0.05, 0) is 13.3 Å². The van der Waals surface area contributed by atoms with Gasteiger partial charge in [0.05, 0.1) is 5.57 Å². The van der Waals surface area contributed by atoms with Gasteiger partial charge in [-0.2, -0.15) is 0 Å². The third-order valence-corrected chi connectivity index (χ3v) is 1.40. The average molecular weight is 172 g/mol. The van der Waals surface area contributed by atoms with Crippen LogP contribution in [0.3, 0.4) is 0 Å². The maximum atomic E-state index is 10.4. The lowest BCUT2D eigenvalue weighted by Gasteiger charge is -2.06. The number of amides is 2. The van der Waals surface area contributed by atoms with Crippen molar-refractivity contribution < 1.29 is 14.7 Å². The van der Waals surface area contributed by atoms with Crippen LogP contribution in [0.1, 0.15) is 20.3 Å². The molecule has 0 radical (unpaired) electrons. The smallest absolute Gasteiger partial charge is 0.333 e. The topological polar surface area (TPSA) is 92.4 Å². The van der Waals surface area contributed by atoms with Gasteiger partial charge in [0.2, 0.25) is 0 Å². The summed E-state index contributed by atoms with van der Waals surface area (Å²) in [6.07, 6.45) is 0.432. The van der Waals surface area contributed by atoms with Crippen molar-refractivity contribution in [2.24, 2.45) is 5.73 Å². The lowest BCUT2D eigenvalue weighted by atomic mass is 10.2. The number of carbonyl (C=O) groups excluding carboxylic acids is 1. The van der Waals surface area contributed by atoms with Gasteiger partial charge in [0.1, 0.15) is 0 Å². The van der Waals surface area contributed by atoms with E-state index < -0.39 is 12.0 Å². The van der Waals surface area contributed by atoms with Crippen LogP contribution in [0, 0.1) is 0 Å². The first-order chi connectivity index (χ1) is 5.49. The maximum Gasteiger partial charge on any atom is 0.333 e. The first-order valence-corrected chi connectivity index (χ1v) is 3.48. The zero-order valence-electron chi connectivity index (χ0n) is 7.05. The van der Waals surface area contributed by atoms with Crippen molar-refractivity contribution in [2.75, 3.05) is 0 Å². The number of carboxylic acid groups (broad SMARTS) is 1. The first-order valence-electron chi connectivity index (χ1n) is 3.48. The molecule has 0 aromatic heterocycles. The van der Waals surface area contributed by atoms with E-state index in [9.17, 15) is 9.59 Å². The molecule has 0 aliphatic heterocycles. The molecular weight excluding hydrogens is 160 g/mol. The van der Waals surface area contributed by atoms with Crippen molar-refractivity contribution in [1.29, 1.82) is 0 Å². The lowest BCUT2D eigenvalue weighted by molar-refractivity contribution is -0.132. The number of hydrogen-bond donors (Lipinski definition) is 3. The second-order valence-electron chi connectivity index (χ2n) is 2.25. The molecule has 0 bridgehead atoms. The molecule has 0 aliphatic rings. The van der Waals surface area contributed by atoms with E-state index in [1.807, 2.05) is 0 Å². The third-order valence-electron chi connectivity index (χ3n) is 1.40. The predicted molar refractivity (Wildman–Crippen MR) is 43.3 cm³/mol. The van der Waals surface area contributed by atoms with Crippen LogP contribution in [0.15, 0.2) is 11.3 Å². The summed E-state index contributed by atoms with van der Waals surface area (Å²) in [6, 6.07) is -0.743. The fourth-order valence-corrected chi connectivity index (χ4v) is 0.725. The molecule has 0 atom stereocenters. The Morgan fingerprint density at radius 2 is 2.00 bits per heavy atom. The fourth-order valence-electron chi connectivity index (χ4n) is 0.725. The maximum absolute atomic E-state index is 10.4. The highest BCUT2D eigenvalue weighted by atomic mass is 16.4. The van der Waals surface area contributed by atoms with Gasteiger partial charge in [0.15, 0.2) is 0 Å². The van der Waals surface area contributed by atoms with Crippen LogP contribution < -0.4 is 11.1 Å². The minimum atomic E-state index is -1.06. The molecule has 0 heterocycles. The molecule has 5 heteroatoms. The number of urea groups is 1.